The maximum Gasteiger partial charge on any atom is 0.243 e. The first kappa shape index (κ1) is 17.3. The normalized spacial score (nSPS) is 10.8. The number of benzene rings is 2. The third kappa shape index (κ3) is 4.29. The Hall–Kier alpha value is -2.57. The monoisotopic (exact) mass is 360 g/mol. The average Bonchev–Trinajstić information content (AvgIpc) is 3.06. The Bertz CT molecular complexity index is 845. The summed E-state index contributed by atoms with van der Waals surface area (Å²) in [5, 5.41) is 8.88. The topological polar surface area (TPSA) is 84.6 Å². The quantitative estimate of drug-likeness (QED) is 0.374. The molecule has 0 saturated heterocycles. The van der Waals surface area contributed by atoms with E-state index in [1.807, 2.05) is 30.3 Å². The van der Waals surface area contributed by atoms with Crippen LogP contribution in [0.15, 0.2) is 46.9 Å². The van der Waals surface area contributed by atoms with Crippen LogP contribution in [-0.2, 0) is 4.79 Å². The number of fused-ring (bicyclic) bond motifs is 1. The lowest BCUT2D eigenvalue weighted by Gasteiger charge is -2.08. The van der Waals surface area contributed by atoms with Crippen LogP contribution in [0.4, 0.5) is 0 Å². The van der Waals surface area contributed by atoms with E-state index in [1.165, 1.54) is 0 Å². The Morgan fingerprint density at radius 1 is 1.24 bits per heavy atom. The number of para-hydroxylation sites is 2. The van der Waals surface area contributed by atoms with Gasteiger partial charge in [-0.1, -0.05) is 23.7 Å². The predicted octanol–water partition coefficient (Wildman–Crippen LogP) is 4.20. The molecule has 3 rings (SSSR count). The number of hydroxylamine groups is 1. The first-order valence-corrected chi connectivity index (χ1v) is 8.26. The Kier molecular flexibility index (Phi) is 5.53. The molecule has 25 heavy (non-hydrogen) atoms. The van der Waals surface area contributed by atoms with Crippen LogP contribution in [0, 0.1) is 0 Å². The summed E-state index contributed by atoms with van der Waals surface area (Å²) in [6.07, 6.45) is 1.55. The van der Waals surface area contributed by atoms with Crippen LogP contribution >= 0.6 is 11.6 Å². The lowest BCUT2D eigenvalue weighted by Crippen LogP contribution is -2.18. The summed E-state index contributed by atoms with van der Waals surface area (Å²) in [4.78, 5) is 15.3. The number of rotatable bonds is 7. The molecule has 1 amide bonds. The van der Waals surface area contributed by atoms with Gasteiger partial charge in [-0.3, -0.25) is 10.0 Å². The number of carbonyl (C=O) groups is 1. The molecule has 0 spiro atoms. The minimum absolute atomic E-state index is 0.254. The van der Waals surface area contributed by atoms with Gasteiger partial charge in [0.25, 0.3) is 0 Å². The van der Waals surface area contributed by atoms with Gasteiger partial charge < -0.3 is 9.15 Å². The zero-order valence-corrected chi connectivity index (χ0v) is 14.1. The zero-order chi connectivity index (χ0) is 17.6. The van der Waals surface area contributed by atoms with E-state index in [1.54, 1.807) is 17.6 Å². The summed E-state index contributed by atoms with van der Waals surface area (Å²) < 4.78 is 11.4. The first-order chi connectivity index (χ1) is 12.2. The fourth-order valence-electron chi connectivity index (χ4n) is 2.37. The molecule has 7 heteroatoms. The van der Waals surface area contributed by atoms with Crippen molar-refractivity contribution in [1.29, 1.82) is 0 Å². The van der Waals surface area contributed by atoms with Crippen molar-refractivity contribution in [2.45, 2.75) is 19.3 Å². The summed E-state index contributed by atoms with van der Waals surface area (Å²) in [5.74, 6) is 0.665. The molecule has 0 fully saturated rings. The number of aromatic nitrogens is 1. The number of oxazole rings is 1. The lowest BCUT2D eigenvalue weighted by atomic mass is 10.2. The van der Waals surface area contributed by atoms with Crippen LogP contribution in [0.5, 0.6) is 5.75 Å². The fourth-order valence-corrected chi connectivity index (χ4v) is 2.61. The van der Waals surface area contributed by atoms with E-state index in [9.17, 15) is 4.79 Å². The first-order valence-electron chi connectivity index (χ1n) is 7.88. The van der Waals surface area contributed by atoms with Crippen LogP contribution in [0.3, 0.4) is 0 Å². The van der Waals surface area contributed by atoms with Gasteiger partial charge in [0.05, 0.1) is 11.6 Å². The number of hydrogen-bond acceptors (Lipinski definition) is 5. The molecule has 2 aromatic carbocycles. The van der Waals surface area contributed by atoms with Crippen LogP contribution < -0.4 is 10.2 Å². The molecule has 3 aromatic rings. The van der Waals surface area contributed by atoms with E-state index in [0.717, 1.165) is 16.7 Å². The molecule has 2 N–H and O–H groups in total. The van der Waals surface area contributed by atoms with E-state index in [2.05, 4.69) is 4.98 Å². The van der Waals surface area contributed by atoms with Crippen molar-refractivity contribution in [3.8, 4) is 17.2 Å². The van der Waals surface area contributed by atoms with Gasteiger partial charge in [-0.2, -0.15) is 0 Å². The number of hydrogen-bond donors (Lipinski definition) is 2. The number of halogens is 1. The molecular formula is C18H17ClN2O4. The Balaban J connectivity index is 1.61. The van der Waals surface area contributed by atoms with Crippen LogP contribution in [0.25, 0.3) is 22.6 Å². The molecular weight excluding hydrogens is 344 g/mol. The van der Waals surface area contributed by atoms with Crippen molar-refractivity contribution in [3.05, 3.63) is 47.5 Å². The number of unbranched alkanes of at least 4 members (excludes halogenated alkanes) is 1. The standard InChI is InChI=1S/C18H17ClN2O4/c19-13-11-12(18-20-14-5-1-2-6-16(14)25-18)8-9-15(13)24-10-4-3-7-17(22)21-23/h1-2,5-6,8-9,11,23H,3-4,7,10H2,(H,21,22). The van der Waals surface area contributed by atoms with Crippen molar-refractivity contribution >= 4 is 28.6 Å². The minimum atomic E-state index is -0.402. The summed E-state index contributed by atoms with van der Waals surface area (Å²) in [5.41, 5.74) is 3.89. The highest BCUT2D eigenvalue weighted by Gasteiger charge is 2.10. The van der Waals surface area contributed by atoms with E-state index in [-0.39, 0.29) is 6.42 Å². The van der Waals surface area contributed by atoms with E-state index < -0.39 is 5.91 Å². The Labute approximate surface area is 149 Å². The fraction of sp³-hybridized carbons (Fsp3) is 0.222. The van der Waals surface area contributed by atoms with Crippen molar-refractivity contribution in [2.75, 3.05) is 6.61 Å². The second-order valence-corrected chi connectivity index (χ2v) is 5.88. The van der Waals surface area contributed by atoms with Crippen LogP contribution in [-0.4, -0.2) is 22.7 Å². The van der Waals surface area contributed by atoms with E-state index in [0.29, 0.717) is 36.1 Å². The summed E-state index contributed by atoms with van der Waals surface area (Å²) in [6.45, 7) is 0.431. The van der Waals surface area contributed by atoms with Gasteiger partial charge >= 0.3 is 0 Å². The second-order valence-electron chi connectivity index (χ2n) is 5.47. The smallest absolute Gasteiger partial charge is 0.243 e. The van der Waals surface area contributed by atoms with Gasteiger partial charge in [-0.15, -0.1) is 0 Å². The molecule has 1 heterocycles. The molecule has 1 aromatic heterocycles. The largest absolute Gasteiger partial charge is 0.492 e. The highest BCUT2D eigenvalue weighted by Crippen LogP contribution is 2.31. The molecule has 0 aliphatic heterocycles. The molecule has 130 valence electrons. The number of amides is 1. The summed E-state index contributed by atoms with van der Waals surface area (Å²) in [7, 11) is 0. The van der Waals surface area contributed by atoms with Gasteiger partial charge in [0.1, 0.15) is 11.3 Å². The van der Waals surface area contributed by atoms with Crippen molar-refractivity contribution in [2.24, 2.45) is 0 Å². The van der Waals surface area contributed by atoms with Gasteiger partial charge in [0.2, 0.25) is 11.8 Å². The molecule has 0 bridgehead atoms. The average molecular weight is 361 g/mol. The maximum atomic E-state index is 10.9. The third-order valence-corrected chi connectivity index (χ3v) is 3.95. The number of nitrogens with one attached hydrogen (secondary N) is 1. The Morgan fingerprint density at radius 3 is 2.84 bits per heavy atom. The molecule has 6 nitrogen and oxygen atoms in total. The van der Waals surface area contributed by atoms with Gasteiger partial charge in [0, 0.05) is 12.0 Å². The van der Waals surface area contributed by atoms with Crippen LogP contribution in [0.1, 0.15) is 19.3 Å². The zero-order valence-electron chi connectivity index (χ0n) is 13.4. The minimum Gasteiger partial charge on any atom is -0.492 e. The number of nitrogens with zero attached hydrogens (tertiary/aromatic N) is 1. The van der Waals surface area contributed by atoms with Gasteiger partial charge in [-0.05, 0) is 43.2 Å². The van der Waals surface area contributed by atoms with E-state index in [4.69, 9.17) is 26.0 Å². The Morgan fingerprint density at radius 2 is 2.08 bits per heavy atom. The maximum absolute atomic E-state index is 10.9. The SMILES string of the molecule is O=C(CCCCOc1ccc(-c2nc3ccccc3o2)cc1Cl)NO. The molecule has 0 radical (unpaired) electrons. The highest BCUT2D eigenvalue weighted by atomic mass is 35.5. The third-order valence-electron chi connectivity index (χ3n) is 3.65. The number of carbonyl (C=O) groups excluding carboxylic acids is 1. The molecule has 0 aliphatic carbocycles. The summed E-state index contributed by atoms with van der Waals surface area (Å²) >= 11 is 6.27. The number of ether oxygens (including phenoxy) is 1. The summed E-state index contributed by atoms with van der Waals surface area (Å²) in [6, 6.07) is 12.9. The molecule has 0 aliphatic rings. The van der Waals surface area contributed by atoms with E-state index >= 15 is 0 Å². The van der Waals surface area contributed by atoms with Crippen molar-refractivity contribution in [1.82, 2.24) is 10.5 Å². The molecule has 0 unspecified atom stereocenters. The van der Waals surface area contributed by atoms with Crippen LogP contribution in [0.2, 0.25) is 5.02 Å². The molecule has 0 atom stereocenters. The van der Waals surface area contributed by atoms with Gasteiger partial charge in [0.15, 0.2) is 5.58 Å². The lowest BCUT2D eigenvalue weighted by molar-refractivity contribution is -0.129. The van der Waals surface area contributed by atoms with Crippen molar-refractivity contribution < 1.29 is 19.2 Å². The predicted molar refractivity (Wildman–Crippen MR) is 93.7 cm³/mol. The van der Waals surface area contributed by atoms with Crippen molar-refractivity contribution in [3.63, 3.8) is 0 Å². The van der Waals surface area contributed by atoms with Gasteiger partial charge in [-0.25, -0.2) is 10.5 Å². The molecule has 0 saturated carbocycles. The highest BCUT2D eigenvalue weighted by molar-refractivity contribution is 6.32. The second kappa shape index (κ2) is 8.00.